The Bertz CT molecular complexity index is 1100. The monoisotopic (exact) mass is 402 g/mol. The van der Waals surface area contributed by atoms with E-state index in [1.54, 1.807) is 0 Å². The zero-order chi connectivity index (χ0) is 20.8. The molecule has 1 amide bonds. The van der Waals surface area contributed by atoms with Crippen LogP contribution in [-0.2, 0) is 6.54 Å². The number of benzene rings is 1. The Morgan fingerprint density at radius 2 is 2.10 bits per heavy atom. The highest BCUT2D eigenvalue weighted by molar-refractivity contribution is 6.07. The van der Waals surface area contributed by atoms with Gasteiger partial charge in [-0.15, -0.1) is 0 Å². The van der Waals surface area contributed by atoms with Gasteiger partial charge in [0.2, 0.25) is 0 Å². The number of hydrogen-bond donors (Lipinski definition) is 1. The zero-order valence-corrected chi connectivity index (χ0v) is 18.1. The van der Waals surface area contributed by atoms with Crippen molar-refractivity contribution in [2.45, 2.75) is 59.0 Å². The molecule has 156 valence electrons. The third kappa shape index (κ3) is 3.30. The van der Waals surface area contributed by atoms with Crippen molar-refractivity contribution in [3.63, 3.8) is 0 Å². The van der Waals surface area contributed by atoms with Gasteiger partial charge in [0.1, 0.15) is 0 Å². The maximum Gasteiger partial charge on any atom is 0.252 e. The minimum absolute atomic E-state index is 0.00524. The van der Waals surface area contributed by atoms with Crippen molar-refractivity contribution in [1.29, 1.82) is 0 Å². The van der Waals surface area contributed by atoms with Crippen LogP contribution in [0.3, 0.4) is 0 Å². The first-order valence-electron chi connectivity index (χ1n) is 11.3. The predicted molar refractivity (Wildman–Crippen MR) is 119 cm³/mol. The van der Waals surface area contributed by atoms with Crippen LogP contribution < -0.4 is 5.32 Å². The number of aromatic nitrogens is 3. The number of pyridine rings is 1. The molecule has 2 heterocycles. The third-order valence-corrected chi connectivity index (χ3v) is 7.30. The van der Waals surface area contributed by atoms with Gasteiger partial charge in [0.25, 0.3) is 5.91 Å². The molecule has 1 aromatic carbocycles. The summed E-state index contributed by atoms with van der Waals surface area (Å²) in [7, 11) is 0. The second-order valence-corrected chi connectivity index (χ2v) is 9.16. The Balaban J connectivity index is 1.49. The minimum atomic E-state index is 0.00524. The number of carbonyl (C=O) groups excluding carboxylic acids is 1. The van der Waals surface area contributed by atoms with E-state index in [2.05, 4.69) is 24.3 Å². The van der Waals surface area contributed by atoms with E-state index >= 15 is 0 Å². The normalized spacial score (nSPS) is 23.8. The van der Waals surface area contributed by atoms with Gasteiger partial charge in [-0.3, -0.25) is 9.48 Å². The Labute approximate surface area is 177 Å². The number of amides is 1. The van der Waals surface area contributed by atoms with Crippen molar-refractivity contribution in [2.75, 3.05) is 0 Å². The summed E-state index contributed by atoms with van der Waals surface area (Å²) in [5.74, 6) is 2.29. The van der Waals surface area contributed by atoms with Crippen LogP contribution in [0, 0.1) is 24.7 Å². The number of carbonyl (C=O) groups is 1. The lowest BCUT2D eigenvalue weighted by Crippen LogP contribution is -2.40. The summed E-state index contributed by atoms with van der Waals surface area (Å²) in [6, 6.07) is 10.1. The summed E-state index contributed by atoms with van der Waals surface area (Å²) >= 11 is 0. The molecule has 5 heteroatoms. The van der Waals surface area contributed by atoms with Gasteiger partial charge in [-0.05, 0) is 69.9 Å². The molecule has 5 rings (SSSR count). The van der Waals surface area contributed by atoms with Crippen LogP contribution in [0.1, 0.15) is 55.6 Å². The summed E-state index contributed by atoms with van der Waals surface area (Å²) in [4.78, 5) is 18.3. The Morgan fingerprint density at radius 1 is 1.27 bits per heavy atom. The van der Waals surface area contributed by atoms with E-state index in [9.17, 15) is 4.79 Å². The molecule has 30 heavy (non-hydrogen) atoms. The van der Waals surface area contributed by atoms with Crippen molar-refractivity contribution in [2.24, 2.45) is 17.8 Å². The molecular weight excluding hydrogens is 372 g/mol. The van der Waals surface area contributed by atoms with Gasteiger partial charge in [0, 0.05) is 29.7 Å². The fourth-order valence-electron chi connectivity index (χ4n) is 5.73. The fraction of sp³-hybridized carbons (Fsp3) is 0.480. The average Bonchev–Trinajstić information content (AvgIpc) is 3.48. The molecule has 0 aliphatic heterocycles. The molecule has 3 aromatic rings. The van der Waals surface area contributed by atoms with Gasteiger partial charge >= 0.3 is 0 Å². The molecular formula is C25H30N4O. The molecule has 2 aromatic heterocycles. The Morgan fingerprint density at radius 3 is 2.80 bits per heavy atom. The van der Waals surface area contributed by atoms with Gasteiger partial charge in [-0.1, -0.05) is 24.6 Å². The molecule has 2 bridgehead atoms. The van der Waals surface area contributed by atoms with Crippen LogP contribution in [0.25, 0.3) is 22.2 Å². The standard InChI is InChI=1S/C25H30N4O/c1-4-29-14-22(16(3)28-29)24-13-21(19-7-5-6-8-23(19)27-24)25(30)26-15(2)20-12-17-9-10-18(20)11-17/h5-8,13-15,17-18,20H,4,9-12H2,1-3H3,(H,26,30)/t15-,17+,18+,20-/m1/s1. The average molecular weight is 403 g/mol. The van der Waals surface area contributed by atoms with E-state index in [-0.39, 0.29) is 11.9 Å². The first kappa shape index (κ1) is 19.3. The number of hydrogen-bond acceptors (Lipinski definition) is 3. The quantitative estimate of drug-likeness (QED) is 0.655. The van der Waals surface area contributed by atoms with E-state index in [0.717, 1.165) is 46.2 Å². The number of rotatable bonds is 5. The number of nitrogens with one attached hydrogen (secondary N) is 1. The molecule has 0 saturated heterocycles. The molecule has 5 nitrogen and oxygen atoms in total. The molecule has 0 spiro atoms. The van der Waals surface area contributed by atoms with E-state index in [1.165, 1.54) is 25.7 Å². The zero-order valence-electron chi connectivity index (χ0n) is 18.1. The van der Waals surface area contributed by atoms with E-state index in [4.69, 9.17) is 4.98 Å². The van der Waals surface area contributed by atoms with Crippen LogP contribution in [0.2, 0.25) is 0 Å². The number of para-hydroxylation sites is 1. The van der Waals surface area contributed by atoms with Crippen LogP contribution in [0.15, 0.2) is 36.5 Å². The van der Waals surface area contributed by atoms with Crippen molar-refractivity contribution in [3.05, 3.63) is 47.8 Å². The summed E-state index contributed by atoms with van der Waals surface area (Å²) in [5.41, 5.74) is 4.27. The summed E-state index contributed by atoms with van der Waals surface area (Å²) < 4.78 is 1.92. The summed E-state index contributed by atoms with van der Waals surface area (Å²) in [6.07, 6.45) is 7.35. The second-order valence-electron chi connectivity index (χ2n) is 9.16. The van der Waals surface area contributed by atoms with Gasteiger partial charge in [0.15, 0.2) is 0 Å². The molecule has 0 unspecified atom stereocenters. The summed E-state index contributed by atoms with van der Waals surface area (Å²) in [5, 5.41) is 8.80. The second kappa shape index (κ2) is 7.53. The van der Waals surface area contributed by atoms with E-state index in [1.807, 2.05) is 48.1 Å². The maximum absolute atomic E-state index is 13.4. The molecule has 4 atom stereocenters. The third-order valence-electron chi connectivity index (χ3n) is 7.30. The largest absolute Gasteiger partial charge is 0.349 e. The van der Waals surface area contributed by atoms with Gasteiger partial charge in [-0.2, -0.15) is 5.10 Å². The van der Waals surface area contributed by atoms with E-state index in [0.29, 0.717) is 11.5 Å². The van der Waals surface area contributed by atoms with Crippen molar-refractivity contribution in [3.8, 4) is 11.3 Å². The van der Waals surface area contributed by atoms with Crippen LogP contribution in [0.5, 0.6) is 0 Å². The topological polar surface area (TPSA) is 59.8 Å². The molecule has 0 radical (unpaired) electrons. The first-order chi connectivity index (χ1) is 14.5. The predicted octanol–water partition coefficient (Wildman–Crippen LogP) is 4.98. The van der Waals surface area contributed by atoms with Crippen molar-refractivity contribution < 1.29 is 4.79 Å². The lowest BCUT2D eigenvalue weighted by Gasteiger charge is -2.28. The van der Waals surface area contributed by atoms with Crippen LogP contribution in [-0.4, -0.2) is 26.7 Å². The van der Waals surface area contributed by atoms with Gasteiger partial charge in [0.05, 0.1) is 22.5 Å². The highest BCUT2D eigenvalue weighted by Crippen LogP contribution is 2.49. The van der Waals surface area contributed by atoms with Gasteiger partial charge < -0.3 is 5.32 Å². The Kier molecular flexibility index (Phi) is 4.84. The molecule has 2 aliphatic carbocycles. The highest BCUT2D eigenvalue weighted by Gasteiger charge is 2.42. The lowest BCUT2D eigenvalue weighted by atomic mass is 9.84. The fourth-order valence-corrected chi connectivity index (χ4v) is 5.73. The number of fused-ring (bicyclic) bond motifs is 3. The highest BCUT2D eigenvalue weighted by atomic mass is 16.1. The molecule has 1 N–H and O–H groups in total. The van der Waals surface area contributed by atoms with Gasteiger partial charge in [-0.25, -0.2) is 4.98 Å². The molecule has 2 aliphatic rings. The van der Waals surface area contributed by atoms with Crippen molar-refractivity contribution >= 4 is 16.8 Å². The van der Waals surface area contributed by atoms with Crippen molar-refractivity contribution in [1.82, 2.24) is 20.1 Å². The summed E-state index contributed by atoms with van der Waals surface area (Å²) in [6.45, 7) is 7.06. The van der Waals surface area contributed by atoms with E-state index < -0.39 is 0 Å². The Hall–Kier alpha value is -2.69. The number of aryl methyl sites for hydroxylation is 2. The SMILES string of the molecule is CCn1cc(-c2cc(C(=O)N[C@H](C)[C@H]3C[C@H]4CC[C@H]3C4)c3ccccc3n2)c(C)n1. The van der Waals surface area contributed by atoms with Crippen LogP contribution in [0.4, 0.5) is 0 Å². The number of nitrogens with zero attached hydrogens (tertiary/aromatic N) is 3. The molecule has 2 fully saturated rings. The maximum atomic E-state index is 13.4. The van der Waals surface area contributed by atoms with Crippen LogP contribution >= 0.6 is 0 Å². The molecule has 2 saturated carbocycles. The smallest absolute Gasteiger partial charge is 0.252 e. The first-order valence-corrected chi connectivity index (χ1v) is 11.3. The lowest BCUT2D eigenvalue weighted by molar-refractivity contribution is 0.0917. The minimum Gasteiger partial charge on any atom is -0.349 e.